The highest BCUT2D eigenvalue weighted by molar-refractivity contribution is 7.17. The number of nitrogens with one attached hydrogen (secondary N) is 1. The van der Waals surface area contributed by atoms with E-state index in [1.165, 1.54) is 0 Å². The first kappa shape index (κ1) is 18.0. The molecule has 1 aromatic heterocycles. The Morgan fingerprint density at radius 1 is 1.07 bits per heavy atom. The maximum absolute atomic E-state index is 6.17. The van der Waals surface area contributed by atoms with Crippen LogP contribution in [0.5, 0.6) is 0 Å². The summed E-state index contributed by atoms with van der Waals surface area (Å²) >= 11 is 7.81. The summed E-state index contributed by atoms with van der Waals surface area (Å²) in [6, 6.07) is 17.7. The molecule has 4 rings (SSSR count). The van der Waals surface area contributed by atoms with Crippen molar-refractivity contribution in [2.75, 3.05) is 36.6 Å². The van der Waals surface area contributed by atoms with E-state index in [9.17, 15) is 0 Å². The van der Waals surface area contributed by atoms with Gasteiger partial charge in [-0.1, -0.05) is 65.4 Å². The SMILES string of the molecule is Clc1ccccc1N/N=C\c1sc(N2CCOCC2)nc1-c1ccccc1. The number of aromatic nitrogens is 1. The highest BCUT2D eigenvalue weighted by Crippen LogP contribution is 2.32. The molecule has 0 spiro atoms. The van der Waals surface area contributed by atoms with Crippen LogP contribution in [0, 0.1) is 0 Å². The van der Waals surface area contributed by atoms with Gasteiger partial charge in [0, 0.05) is 18.7 Å². The minimum Gasteiger partial charge on any atom is -0.378 e. The van der Waals surface area contributed by atoms with Crippen LogP contribution in [0.3, 0.4) is 0 Å². The minimum absolute atomic E-state index is 0.635. The number of ether oxygens (including phenoxy) is 1. The van der Waals surface area contributed by atoms with Crippen molar-refractivity contribution in [3.8, 4) is 11.3 Å². The molecule has 0 aliphatic carbocycles. The average Bonchev–Trinajstić information content (AvgIpc) is 3.15. The fourth-order valence-electron chi connectivity index (χ4n) is 2.81. The molecule has 1 saturated heterocycles. The number of rotatable bonds is 5. The van der Waals surface area contributed by atoms with Crippen molar-refractivity contribution in [1.29, 1.82) is 0 Å². The second-order valence-corrected chi connectivity index (χ2v) is 7.44. The van der Waals surface area contributed by atoms with E-state index in [4.69, 9.17) is 21.3 Å². The molecule has 3 aromatic rings. The molecule has 1 aliphatic heterocycles. The van der Waals surface area contributed by atoms with E-state index < -0.39 is 0 Å². The Kier molecular flexibility index (Phi) is 5.67. The smallest absolute Gasteiger partial charge is 0.186 e. The van der Waals surface area contributed by atoms with Gasteiger partial charge in [-0.25, -0.2) is 4.98 Å². The molecule has 0 amide bonds. The second-order valence-electron chi connectivity index (χ2n) is 6.02. The Morgan fingerprint density at radius 3 is 2.59 bits per heavy atom. The Labute approximate surface area is 167 Å². The lowest BCUT2D eigenvalue weighted by molar-refractivity contribution is 0.122. The third kappa shape index (κ3) is 4.30. The summed E-state index contributed by atoms with van der Waals surface area (Å²) in [6.07, 6.45) is 1.81. The van der Waals surface area contributed by atoms with Gasteiger partial charge in [0.25, 0.3) is 0 Å². The Morgan fingerprint density at radius 2 is 1.81 bits per heavy atom. The number of hydrogen-bond acceptors (Lipinski definition) is 6. The van der Waals surface area contributed by atoms with Crippen LogP contribution in [-0.4, -0.2) is 37.5 Å². The van der Waals surface area contributed by atoms with Gasteiger partial charge < -0.3 is 9.64 Å². The van der Waals surface area contributed by atoms with Crippen LogP contribution in [0.25, 0.3) is 11.3 Å². The molecule has 2 aromatic carbocycles. The third-order valence-electron chi connectivity index (χ3n) is 4.21. The fraction of sp³-hybridized carbons (Fsp3) is 0.200. The minimum atomic E-state index is 0.635. The normalized spacial score (nSPS) is 14.6. The van der Waals surface area contributed by atoms with E-state index in [1.807, 2.05) is 48.7 Å². The molecule has 27 heavy (non-hydrogen) atoms. The van der Waals surface area contributed by atoms with E-state index in [2.05, 4.69) is 27.6 Å². The van der Waals surface area contributed by atoms with Crippen LogP contribution >= 0.6 is 22.9 Å². The fourth-order valence-corrected chi connectivity index (χ4v) is 4.00. The number of thiazole rings is 1. The van der Waals surface area contributed by atoms with Crippen molar-refractivity contribution in [3.63, 3.8) is 0 Å². The third-order valence-corrected chi connectivity index (χ3v) is 5.59. The summed E-state index contributed by atoms with van der Waals surface area (Å²) in [5.41, 5.74) is 5.80. The first-order chi connectivity index (χ1) is 13.3. The number of morpholine rings is 1. The summed E-state index contributed by atoms with van der Waals surface area (Å²) < 4.78 is 5.45. The molecule has 1 aliphatic rings. The second kappa shape index (κ2) is 8.52. The molecule has 0 bridgehead atoms. The average molecular weight is 399 g/mol. The first-order valence-electron chi connectivity index (χ1n) is 8.74. The van der Waals surface area contributed by atoms with Crippen LogP contribution in [0.2, 0.25) is 5.02 Å². The maximum Gasteiger partial charge on any atom is 0.186 e. The number of para-hydroxylation sites is 1. The highest BCUT2D eigenvalue weighted by Gasteiger charge is 2.18. The van der Waals surface area contributed by atoms with E-state index in [1.54, 1.807) is 11.3 Å². The van der Waals surface area contributed by atoms with Crippen LogP contribution in [0.4, 0.5) is 10.8 Å². The Balaban J connectivity index is 1.62. The molecular weight excluding hydrogens is 380 g/mol. The van der Waals surface area contributed by atoms with Gasteiger partial charge in [-0.05, 0) is 12.1 Å². The van der Waals surface area contributed by atoms with Gasteiger partial charge in [-0.2, -0.15) is 5.10 Å². The van der Waals surface area contributed by atoms with Gasteiger partial charge in [-0.3, -0.25) is 5.43 Å². The van der Waals surface area contributed by atoms with Crippen molar-refractivity contribution in [1.82, 2.24) is 4.98 Å². The van der Waals surface area contributed by atoms with E-state index in [-0.39, 0.29) is 0 Å². The Bertz CT molecular complexity index is 923. The van der Waals surface area contributed by atoms with Gasteiger partial charge >= 0.3 is 0 Å². The van der Waals surface area contributed by atoms with Gasteiger partial charge in [0.2, 0.25) is 0 Å². The predicted octanol–water partition coefficient (Wildman–Crippen LogP) is 4.75. The van der Waals surface area contributed by atoms with Crippen molar-refractivity contribution in [2.45, 2.75) is 0 Å². The first-order valence-corrected chi connectivity index (χ1v) is 9.93. The van der Waals surface area contributed by atoms with E-state index in [0.29, 0.717) is 5.02 Å². The summed E-state index contributed by atoms with van der Waals surface area (Å²) in [5, 5.41) is 6.02. The van der Waals surface area contributed by atoms with Gasteiger partial charge in [-0.15, -0.1) is 0 Å². The summed E-state index contributed by atoms with van der Waals surface area (Å²) in [6.45, 7) is 3.18. The Hall–Kier alpha value is -2.41. The van der Waals surface area contributed by atoms with Gasteiger partial charge in [0.05, 0.1) is 40.7 Å². The van der Waals surface area contributed by atoms with Crippen molar-refractivity contribution in [2.24, 2.45) is 5.10 Å². The van der Waals surface area contributed by atoms with Crippen LogP contribution in [-0.2, 0) is 4.74 Å². The molecule has 2 heterocycles. The van der Waals surface area contributed by atoms with Crippen LogP contribution in [0.15, 0.2) is 59.7 Å². The van der Waals surface area contributed by atoms with Gasteiger partial charge in [0.15, 0.2) is 5.13 Å². The molecule has 1 N–H and O–H groups in total. The number of benzene rings is 2. The molecule has 0 radical (unpaired) electrons. The molecule has 0 atom stereocenters. The number of hydrazone groups is 1. The zero-order chi connectivity index (χ0) is 18.5. The molecule has 7 heteroatoms. The molecule has 1 fully saturated rings. The topological polar surface area (TPSA) is 49.8 Å². The monoisotopic (exact) mass is 398 g/mol. The number of halogens is 1. The number of hydrogen-bond donors (Lipinski definition) is 1. The number of anilines is 2. The predicted molar refractivity (Wildman–Crippen MR) is 113 cm³/mol. The molecule has 5 nitrogen and oxygen atoms in total. The van der Waals surface area contributed by atoms with Crippen LogP contribution < -0.4 is 10.3 Å². The lowest BCUT2D eigenvalue weighted by atomic mass is 10.1. The summed E-state index contributed by atoms with van der Waals surface area (Å²) in [7, 11) is 0. The lowest BCUT2D eigenvalue weighted by Gasteiger charge is -2.26. The lowest BCUT2D eigenvalue weighted by Crippen LogP contribution is -2.36. The summed E-state index contributed by atoms with van der Waals surface area (Å²) in [5.74, 6) is 0. The van der Waals surface area contributed by atoms with E-state index >= 15 is 0 Å². The maximum atomic E-state index is 6.17. The van der Waals surface area contributed by atoms with Crippen molar-refractivity contribution < 1.29 is 4.74 Å². The van der Waals surface area contributed by atoms with E-state index in [0.717, 1.165) is 53.3 Å². The zero-order valence-corrected chi connectivity index (χ0v) is 16.2. The van der Waals surface area contributed by atoms with Crippen molar-refractivity contribution in [3.05, 3.63) is 64.5 Å². The quantitative estimate of drug-likeness (QED) is 0.498. The number of nitrogens with zero attached hydrogens (tertiary/aromatic N) is 3. The summed E-state index contributed by atoms with van der Waals surface area (Å²) in [4.78, 5) is 8.16. The molecule has 0 saturated carbocycles. The molecule has 0 unspecified atom stereocenters. The molecule has 138 valence electrons. The van der Waals surface area contributed by atoms with Gasteiger partial charge in [0.1, 0.15) is 0 Å². The molecular formula is C20H19ClN4OS. The zero-order valence-electron chi connectivity index (χ0n) is 14.6. The standard InChI is InChI=1S/C20H19ClN4OS/c21-16-8-4-5-9-17(16)24-22-14-18-19(15-6-2-1-3-7-15)23-20(27-18)25-10-12-26-13-11-25/h1-9,14,24H,10-13H2/b22-14-. The largest absolute Gasteiger partial charge is 0.378 e. The van der Waals surface area contributed by atoms with Crippen LogP contribution in [0.1, 0.15) is 4.88 Å². The highest BCUT2D eigenvalue weighted by atomic mass is 35.5. The van der Waals surface area contributed by atoms with Crippen molar-refractivity contribution >= 4 is 40.0 Å².